The number of rotatable bonds is 5. The van der Waals surface area contributed by atoms with E-state index in [1.807, 2.05) is 12.1 Å². The molecule has 2 rings (SSSR count). The molecular weight excluding hydrogens is 248 g/mol. The molecule has 0 amide bonds. The second kappa shape index (κ2) is 6.98. The number of hydrogen-bond donors (Lipinski definition) is 2. The molecule has 1 aromatic carbocycles. The van der Waals surface area contributed by atoms with Gasteiger partial charge < -0.3 is 15.3 Å². The van der Waals surface area contributed by atoms with Crippen molar-refractivity contribution in [3.63, 3.8) is 0 Å². The van der Waals surface area contributed by atoms with Crippen LogP contribution in [-0.2, 0) is 0 Å². The van der Waals surface area contributed by atoms with E-state index in [2.05, 4.69) is 31.1 Å². The summed E-state index contributed by atoms with van der Waals surface area (Å²) in [4.78, 5) is 2.31. The summed E-state index contributed by atoms with van der Waals surface area (Å²) in [6, 6.07) is 8.15. The largest absolute Gasteiger partial charge is 0.508 e. The molecule has 1 aliphatic carbocycles. The van der Waals surface area contributed by atoms with Crippen LogP contribution in [0.4, 0.5) is 5.69 Å². The van der Waals surface area contributed by atoms with Gasteiger partial charge in [-0.25, -0.2) is 0 Å². The minimum Gasteiger partial charge on any atom is -0.508 e. The van der Waals surface area contributed by atoms with Crippen molar-refractivity contribution in [3.8, 4) is 5.75 Å². The van der Waals surface area contributed by atoms with Gasteiger partial charge in [-0.1, -0.05) is 13.8 Å². The second-order valence-electron chi connectivity index (χ2n) is 6.24. The van der Waals surface area contributed by atoms with Gasteiger partial charge in [0.05, 0.1) is 0 Å². The van der Waals surface area contributed by atoms with Crippen molar-refractivity contribution in [1.82, 2.24) is 5.32 Å². The fourth-order valence-electron chi connectivity index (χ4n) is 3.40. The van der Waals surface area contributed by atoms with Gasteiger partial charge in [0.2, 0.25) is 0 Å². The maximum atomic E-state index is 9.38. The van der Waals surface area contributed by atoms with Crippen molar-refractivity contribution in [2.45, 2.75) is 39.2 Å². The summed E-state index contributed by atoms with van der Waals surface area (Å²) in [6.07, 6.45) is 3.94. The van der Waals surface area contributed by atoms with Gasteiger partial charge in [0.25, 0.3) is 0 Å². The van der Waals surface area contributed by atoms with Crippen molar-refractivity contribution in [3.05, 3.63) is 24.3 Å². The van der Waals surface area contributed by atoms with Crippen LogP contribution in [0.5, 0.6) is 5.75 Å². The number of anilines is 1. The van der Waals surface area contributed by atoms with E-state index in [9.17, 15) is 5.11 Å². The van der Waals surface area contributed by atoms with Gasteiger partial charge in [-0.05, 0) is 61.9 Å². The van der Waals surface area contributed by atoms with E-state index in [0.717, 1.165) is 19.0 Å². The Balaban J connectivity index is 1.99. The number of benzene rings is 1. The Hall–Kier alpha value is -1.22. The van der Waals surface area contributed by atoms with Crippen molar-refractivity contribution in [2.75, 3.05) is 25.0 Å². The predicted octanol–water partition coefficient (Wildman–Crippen LogP) is 3.24. The smallest absolute Gasteiger partial charge is 0.115 e. The summed E-state index contributed by atoms with van der Waals surface area (Å²) in [6.45, 7) is 6.69. The molecule has 1 aliphatic rings. The SMILES string of the molecule is CCNC1CCC(C)CC1CN(C)c1ccc(O)cc1. The van der Waals surface area contributed by atoms with Crippen LogP contribution < -0.4 is 10.2 Å². The molecule has 3 unspecified atom stereocenters. The highest BCUT2D eigenvalue weighted by molar-refractivity contribution is 5.48. The fourth-order valence-corrected chi connectivity index (χ4v) is 3.40. The monoisotopic (exact) mass is 276 g/mol. The van der Waals surface area contributed by atoms with E-state index in [4.69, 9.17) is 0 Å². The lowest BCUT2D eigenvalue weighted by molar-refractivity contribution is 0.219. The van der Waals surface area contributed by atoms with Crippen molar-refractivity contribution < 1.29 is 5.11 Å². The molecule has 0 saturated heterocycles. The van der Waals surface area contributed by atoms with Gasteiger partial charge in [0, 0.05) is 25.3 Å². The lowest BCUT2D eigenvalue weighted by atomic mass is 9.78. The van der Waals surface area contributed by atoms with E-state index in [1.54, 1.807) is 12.1 Å². The predicted molar refractivity (Wildman–Crippen MR) is 85.3 cm³/mol. The molecule has 0 radical (unpaired) electrons. The van der Waals surface area contributed by atoms with Gasteiger partial charge in [0.1, 0.15) is 5.75 Å². The summed E-state index contributed by atoms with van der Waals surface area (Å²) in [5.41, 5.74) is 1.18. The van der Waals surface area contributed by atoms with Crippen molar-refractivity contribution >= 4 is 5.69 Å². The maximum Gasteiger partial charge on any atom is 0.115 e. The maximum absolute atomic E-state index is 9.38. The van der Waals surface area contributed by atoms with E-state index >= 15 is 0 Å². The zero-order chi connectivity index (χ0) is 14.5. The molecule has 20 heavy (non-hydrogen) atoms. The number of aromatic hydroxyl groups is 1. The summed E-state index contributed by atoms with van der Waals surface area (Å²) in [5.74, 6) is 1.87. The molecule has 0 bridgehead atoms. The van der Waals surface area contributed by atoms with Crippen LogP contribution in [0.2, 0.25) is 0 Å². The molecule has 3 atom stereocenters. The third-order valence-electron chi connectivity index (χ3n) is 4.51. The first-order chi connectivity index (χ1) is 9.60. The van der Waals surface area contributed by atoms with Crippen molar-refractivity contribution in [1.29, 1.82) is 0 Å². The van der Waals surface area contributed by atoms with E-state index in [-0.39, 0.29) is 0 Å². The molecule has 0 heterocycles. The highest BCUT2D eigenvalue weighted by atomic mass is 16.3. The lowest BCUT2D eigenvalue weighted by Crippen LogP contribution is -2.45. The first kappa shape index (κ1) is 15.2. The third kappa shape index (κ3) is 3.89. The molecule has 1 saturated carbocycles. The first-order valence-corrected chi connectivity index (χ1v) is 7.83. The highest BCUT2D eigenvalue weighted by Gasteiger charge is 2.28. The highest BCUT2D eigenvalue weighted by Crippen LogP contribution is 2.30. The molecule has 0 aliphatic heterocycles. The Morgan fingerprint density at radius 1 is 1.25 bits per heavy atom. The number of nitrogens with one attached hydrogen (secondary N) is 1. The third-order valence-corrected chi connectivity index (χ3v) is 4.51. The van der Waals surface area contributed by atoms with Crippen LogP contribution >= 0.6 is 0 Å². The van der Waals surface area contributed by atoms with Gasteiger partial charge >= 0.3 is 0 Å². The Bertz CT molecular complexity index is 404. The second-order valence-corrected chi connectivity index (χ2v) is 6.24. The molecular formula is C17H28N2O. The first-order valence-electron chi connectivity index (χ1n) is 7.83. The number of hydrogen-bond acceptors (Lipinski definition) is 3. The number of phenols is 1. The normalized spacial score (nSPS) is 26.4. The zero-order valence-corrected chi connectivity index (χ0v) is 13.0. The standard InChI is InChI=1S/C17H28N2O/c1-4-18-17-10-5-13(2)11-14(17)12-19(3)15-6-8-16(20)9-7-15/h6-9,13-14,17-18,20H,4-5,10-12H2,1-3H3. The number of nitrogens with zero attached hydrogens (tertiary/aromatic N) is 1. The minimum atomic E-state index is 0.332. The molecule has 0 aromatic heterocycles. The Kier molecular flexibility index (Phi) is 5.30. The van der Waals surface area contributed by atoms with Gasteiger partial charge in [0.15, 0.2) is 0 Å². The minimum absolute atomic E-state index is 0.332. The van der Waals surface area contributed by atoms with E-state index in [1.165, 1.54) is 24.9 Å². The van der Waals surface area contributed by atoms with Crippen LogP contribution in [0.3, 0.4) is 0 Å². The van der Waals surface area contributed by atoms with Crippen LogP contribution in [0.15, 0.2) is 24.3 Å². The number of phenolic OH excluding ortho intramolecular Hbond substituents is 1. The Morgan fingerprint density at radius 2 is 1.95 bits per heavy atom. The Morgan fingerprint density at radius 3 is 2.60 bits per heavy atom. The topological polar surface area (TPSA) is 35.5 Å². The van der Waals surface area contributed by atoms with Crippen LogP contribution in [0, 0.1) is 11.8 Å². The molecule has 1 fully saturated rings. The molecule has 2 N–H and O–H groups in total. The average Bonchev–Trinajstić information content (AvgIpc) is 2.42. The molecule has 1 aromatic rings. The van der Waals surface area contributed by atoms with Crippen LogP contribution in [0.25, 0.3) is 0 Å². The quantitative estimate of drug-likeness (QED) is 0.866. The summed E-state index contributed by atoms with van der Waals surface area (Å²) in [5, 5.41) is 13.0. The Labute approximate surface area is 123 Å². The van der Waals surface area contributed by atoms with Crippen LogP contribution in [-0.4, -0.2) is 31.3 Å². The summed E-state index contributed by atoms with van der Waals surface area (Å²) in [7, 11) is 2.15. The average molecular weight is 276 g/mol. The molecule has 112 valence electrons. The van der Waals surface area contributed by atoms with Gasteiger partial charge in [-0.15, -0.1) is 0 Å². The van der Waals surface area contributed by atoms with Crippen molar-refractivity contribution in [2.24, 2.45) is 11.8 Å². The van der Waals surface area contributed by atoms with Gasteiger partial charge in [-0.3, -0.25) is 0 Å². The molecule has 3 heteroatoms. The molecule has 3 nitrogen and oxygen atoms in total. The van der Waals surface area contributed by atoms with E-state index in [0.29, 0.717) is 17.7 Å². The fraction of sp³-hybridized carbons (Fsp3) is 0.647. The van der Waals surface area contributed by atoms with E-state index < -0.39 is 0 Å². The summed E-state index contributed by atoms with van der Waals surface area (Å²) < 4.78 is 0. The zero-order valence-electron chi connectivity index (χ0n) is 13.0. The molecule has 0 spiro atoms. The lowest BCUT2D eigenvalue weighted by Gasteiger charge is -2.38. The van der Waals surface area contributed by atoms with Crippen LogP contribution in [0.1, 0.15) is 33.1 Å². The summed E-state index contributed by atoms with van der Waals surface area (Å²) >= 11 is 0. The van der Waals surface area contributed by atoms with Gasteiger partial charge in [-0.2, -0.15) is 0 Å².